The first kappa shape index (κ1) is 18.9. The molecule has 1 aliphatic rings. The molecule has 1 aromatic rings. The molecule has 2 rings (SSSR count). The number of hydrogen-bond donors (Lipinski definition) is 2. The van der Waals surface area contributed by atoms with Crippen molar-refractivity contribution in [1.29, 1.82) is 0 Å². The molecule has 5 heteroatoms. The average Bonchev–Trinajstić information content (AvgIpc) is 2.94. The fraction of sp³-hybridized carbons (Fsp3) is 0.632. The zero-order chi connectivity index (χ0) is 17.7. The van der Waals surface area contributed by atoms with E-state index >= 15 is 0 Å². The summed E-state index contributed by atoms with van der Waals surface area (Å²) in [7, 11) is 2.00. The third kappa shape index (κ3) is 4.35. The lowest BCUT2D eigenvalue weighted by molar-refractivity contribution is -0.141. The predicted molar refractivity (Wildman–Crippen MR) is 94.4 cm³/mol. The monoisotopic (exact) mass is 334 g/mol. The van der Waals surface area contributed by atoms with Crippen LogP contribution in [0.3, 0.4) is 0 Å². The van der Waals surface area contributed by atoms with Crippen LogP contribution in [-0.4, -0.2) is 64.3 Å². The van der Waals surface area contributed by atoms with Gasteiger partial charge in [-0.1, -0.05) is 30.3 Å². The molecule has 1 aromatic carbocycles. The van der Waals surface area contributed by atoms with Gasteiger partial charge in [0, 0.05) is 25.2 Å². The zero-order valence-corrected chi connectivity index (χ0v) is 14.9. The second-order valence-corrected chi connectivity index (χ2v) is 6.99. The zero-order valence-electron chi connectivity index (χ0n) is 14.9. The highest BCUT2D eigenvalue weighted by Gasteiger charge is 2.42. The molecule has 0 aromatic heterocycles. The van der Waals surface area contributed by atoms with E-state index in [0.717, 1.165) is 13.0 Å². The number of aliphatic hydroxyl groups is 2. The first-order chi connectivity index (χ1) is 11.5. The number of carbonyl (C=O) groups is 1. The van der Waals surface area contributed by atoms with Gasteiger partial charge in [-0.3, -0.25) is 9.69 Å². The largest absolute Gasteiger partial charge is 0.395 e. The maximum Gasteiger partial charge on any atom is 0.228 e. The van der Waals surface area contributed by atoms with Crippen molar-refractivity contribution in [2.24, 2.45) is 5.92 Å². The molecule has 0 unspecified atom stereocenters. The third-order valence-corrected chi connectivity index (χ3v) is 4.99. The van der Waals surface area contributed by atoms with Crippen LogP contribution in [0.1, 0.15) is 32.3 Å². The Morgan fingerprint density at radius 1 is 1.25 bits per heavy atom. The third-order valence-electron chi connectivity index (χ3n) is 4.99. The van der Waals surface area contributed by atoms with E-state index in [1.807, 2.05) is 39.1 Å². The van der Waals surface area contributed by atoms with Crippen LogP contribution in [0.5, 0.6) is 0 Å². The summed E-state index contributed by atoms with van der Waals surface area (Å²) in [6, 6.07) is 10.2. The molecule has 24 heavy (non-hydrogen) atoms. The van der Waals surface area contributed by atoms with Gasteiger partial charge in [0.25, 0.3) is 0 Å². The van der Waals surface area contributed by atoms with E-state index in [1.54, 1.807) is 4.90 Å². The van der Waals surface area contributed by atoms with E-state index in [1.165, 1.54) is 5.56 Å². The summed E-state index contributed by atoms with van der Waals surface area (Å²) in [6.07, 6.45) is 0.843. The maximum absolute atomic E-state index is 12.8. The summed E-state index contributed by atoms with van der Waals surface area (Å²) in [5, 5.41) is 19.9. The molecule has 0 heterocycles. The van der Waals surface area contributed by atoms with Crippen LogP contribution in [0.4, 0.5) is 0 Å². The first-order valence-corrected chi connectivity index (χ1v) is 8.79. The lowest BCUT2D eigenvalue weighted by atomic mass is 10.0. The summed E-state index contributed by atoms with van der Waals surface area (Å²) >= 11 is 0. The van der Waals surface area contributed by atoms with Crippen molar-refractivity contribution in [3.05, 3.63) is 35.9 Å². The lowest BCUT2D eigenvalue weighted by Gasteiger charge is -2.32. The molecule has 2 N–H and O–H groups in total. The molecule has 5 nitrogen and oxygen atoms in total. The van der Waals surface area contributed by atoms with E-state index in [0.29, 0.717) is 13.0 Å². The van der Waals surface area contributed by atoms with Crippen LogP contribution in [0.25, 0.3) is 0 Å². The molecule has 3 atom stereocenters. The van der Waals surface area contributed by atoms with Gasteiger partial charge in [-0.15, -0.1) is 0 Å². The number of amides is 1. The average molecular weight is 334 g/mol. The van der Waals surface area contributed by atoms with Crippen LogP contribution in [0.2, 0.25) is 0 Å². The Bertz CT molecular complexity index is 521. The fourth-order valence-electron chi connectivity index (χ4n) is 3.64. The van der Waals surface area contributed by atoms with E-state index in [2.05, 4.69) is 17.0 Å². The maximum atomic E-state index is 12.8. The number of aliphatic hydroxyl groups excluding tert-OH is 2. The number of rotatable bonds is 7. The van der Waals surface area contributed by atoms with Crippen molar-refractivity contribution in [3.8, 4) is 0 Å². The smallest absolute Gasteiger partial charge is 0.228 e. The van der Waals surface area contributed by atoms with E-state index < -0.39 is 6.10 Å². The Kier molecular flexibility index (Phi) is 6.78. The Balaban J connectivity index is 2.00. The van der Waals surface area contributed by atoms with Gasteiger partial charge in [0.2, 0.25) is 5.91 Å². The highest BCUT2D eigenvalue weighted by Crippen LogP contribution is 2.32. The fourth-order valence-corrected chi connectivity index (χ4v) is 3.64. The highest BCUT2D eigenvalue weighted by molar-refractivity contribution is 5.80. The Labute approximate surface area is 144 Å². The lowest BCUT2D eigenvalue weighted by Crippen LogP contribution is -2.47. The van der Waals surface area contributed by atoms with Gasteiger partial charge >= 0.3 is 0 Å². The Morgan fingerprint density at radius 2 is 1.92 bits per heavy atom. The minimum atomic E-state index is -0.661. The van der Waals surface area contributed by atoms with Crippen LogP contribution in [-0.2, 0) is 11.3 Å². The molecule has 1 saturated carbocycles. The molecule has 0 radical (unpaired) electrons. The number of nitrogens with zero attached hydrogens (tertiary/aromatic N) is 2. The van der Waals surface area contributed by atoms with Gasteiger partial charge in [0.1, 0.15) is 0 Å². The second-order valence-electron chi connectivity index (χ2n) is 6.99. The Morgan fingerprint density at radius 3 is 2.50 bits per heavy atom. The molecule has 1 aliphatic carbocycles. The van der Waals surface area contributed by atoms with Crippen LogP contribution in [0, 0.1) is 5.92 Å². The van der Waals surface area contributed by atoms with Gasteiger partial charge in [0.05, 0.1) is 18.6 Å². The topological polar surface area (TPSA) is 64.0 Å². The Hall–Kier alpha value is -1.43. The van der Waals surface area contributed by atoms with E-state index in [9.17, 15) is 15.0 Å². The minimum absolute atomic E-state index is 0.0118. The summed E-state index contributed by atoms with van der Waals surface area (Å²) in [5.74, 6) is -0.413. The SMILES string of the molecule is CC(C)N(CCO)C(=O)[C@@H]1CC[C@@H](N(C)Cc2ccccc2)[C@H]1O. The van der Waals surface area contributed by atoms with Crippen molar-refractivity contribution < 1.29 is 15.0 Å². The van der Waals surface area contributed by atoms with Crippen molar-refractivity contribution in [2.75, 3.05) is 20.2 Å². The molecule has 0 aliphatic heterocycles. The van der Waals surface area contributed by atoms with Crippen molar-refractivity contribution in [3.63, 3.8) is 0 Å². The minimum Gasteiger partial charge on any atom is -0.395 e. The quantitative estimate of drug-likeness (QED) is 0.793. The summed E-state index contributed by atoms with van der Waals surface area (Å²) in [4.78, 5) is 16.6. The number of benzene rings is 1. The normalized spacial score (nSPS) is 23.9. The van der Waals surface area contributed by atoms with Gasteiger partial charge < -0.3 is 15.1 Å². The van der Waals surface area contributed by atoms with Crippen LogP contribution >= 0.6 is 0 Å². The molecule has 0 spiro atoms. The molecule has 134 valence electrons. The summed E-state index contributed by atoms with van der Waals surface area (Å²) in [6.45, 7) is 4.91. The molecule has 0 saturated heterocycles. The number of hydrogen-bond acceptors (Lipinski definition) is 4. The van der Waals surface area contributed by atoms with Crippen molar-refractivity contribution in [2.45, 2.75) is 51.4 Å². The first-order valence-electron chi connectivity index (χ1n) is 8.79. The van der Waals surface area contributed by atoms with Gasteiger partial charge in [-0.05, 0) is 39.3 Å². The second kappa shape index (κ2) is 8.60. The van der Waals surface area contributed by atoms with Gasteiger partial charge in [-0.2, -0.15) is 0 Å². The number of likely N-dealkylation sites (N-methyl/N-ethyl adjacent to an activating group) is 1. The molecular formula is C19H30N2O3. The van der Waals surface area contributed by atoms with Gasteiger partial charge in [0.15, 0.2) is 0 Å². The molecule has 1 amide bonds. The van der Waals surface area contributed by atoms with Crippen LogP contribution < -0.4 is 0 Å². The van der Waals surface area contributed by atoms with Gasteiger partial charge in [-0.25, -0.2) is 0 Å². The predicted octanol–water partition coefficient (Wildman–Crippen LogP) is 1.49. The molecule has 0 bridgehead atoms. The van der Waals surface area contributed by atoms with E-state index in [4.69, 9.17) is 0 Å². The molecule has 1 fully saturated rings. The van der Waals surface area contributed by atoms with Crippen LogP contribution in [0.15, 0.2) is 30.3 Å². The standard InChI is InChI=1S/C19H30N2O3/c1-14(2)21(11-12-22)19(24)16-9-10-17(18(16)23)20(3)13-15-7-5-4-6-8-15/h4-8,14,16-18,22-23H,9-13H2,1-3H3/t16-,17-,18+/m1/s1. The van der Waals surface area contributed by atoms with E-state index in [-0.39, 0.29) is 30.5 Å². The number of carbonyl (C=O) groups excluding carboxylic acids is 1. The van der Waals surface area contributed by atoms with Crippen molar-refractivity contribution >= 4 is 5.91 Å². The molecular weight excluding hydrogens is 304 g/mol. The summed E-state index contributed by atoms with van der Waals surface area (Å²) in [5.41, 5.74) is 1.20. The van der Waals surface area contributed by atoms with Crippen molar-refractivity contribution in [1.82, 2.24) is 9.80 Å². The summed E-state index contributed by atoms with van der Waals surface area (Å²) < 4.78 is 0. The highest BCUT2D eigenvalue weighted by atomic mass is 16.3.